The summed E-state index contributed by atoms with van der Waals surface area (Å²) in [6, 6.07) is 15.1. The van der Waals surface area contributed by atoms with Crippen LogP contribution in [0.4, 0.5) is 8.78 Å². The number of amides is 1. The number of benzene rings is 2. The molecular formula is C24H24F2N2O3. The molecule has 1 heterocycles. The normalized spacial score (nSPS) is 19.1. The summed E-state index contributed by atoms with van der Waals surface area (Å²) in [5.74, 6) is -2.21. The minimum absolute atomic E-state index is 0.0789. The van der Waals surface area contributed by atoms with Gasteiger partial charge in [0.25, 0.3) is 5.91 Å². The number of aromatic nitrogens is 1. The topological polar surface area (TPSA) is 55.6 Å². The Bertz CT molecular complexity index is 1080. The lowest BCUT2D eigenvalue weighted by molar-refractivity contribution is 0.0764. The first-order chi connectivity index (χ1) is 14.7. The van der Waals surface area contributed by atoms with Crippen molar-refractivity contribution in [3.8, 4) is 5.75 Å². The summed E-state index contributed by atoms with van der Waals surface area (Å²) in [5, 5.41) is 3.82. The van der Waals surface area contributed by atoms with E-state index in [9.17, 15) is 13.6 Å². The van der Waals surface area contributed by atoms with Gasteiger partial charge in [-0.15, -0.1) is 0 Å². The third-order valence-electron chi connectivity index (χ3n) is 6.15. The highest BCUT2D eigenvalue weighted by Crippen LogP contribution is 2.64. The number of likely N-dealkylation sites (N-methyl/N-ethyl adjacent to an activating group) is 1. The van der Waals surface area contributed by atoms with Gasteiger partial charge in [0.05, 0.1) is 0 Å². The number of para-hydroxylation sites is 1. The Hall–Kier alpha value is -3.22. The molecular weight excluding hydrogens is 402 g/mol. The molecule has 1 atom stereocenters. The highest BCUT2D eigenvalue weighted by Gasteiger charge is 2.62. The van der Waals surface area contributed by atoms with Crippen molar-refractivity contribution in [1.29, 1.82) is 0 Å². The monoisotopic (exact) mass is 426 g/mol. The van der Waals surface area contributed by atoms with Gasteiger partial charge < -0.3 is 14.2 Å². The molecule has 0 radical (unpaired) electrons. The molecule has 7 heteroatoms. The zero-order valence-corrected chi connectivity index (χ0v) is 17.7. The Kier molecular flexibility index (Phi) is 5.29. The summed E-state index contributed by atoms with van der Waals surface area (Å²) in [5.41, 5.74) is 1.30. The first-order valence-corrected chi connectivity index (χ1v) is 10.1. The predicted octanol–water partition coefficient (Wildman–Crippen LogP) is 4.97. The molecule has 0 saturated heterocycles. The molecule has 1 aliphatic carbocycles. The van der Waals surface area contributed by atoms with Gasteiger partial charge in [-0.1, -0.05) is 55.4 Å². The van der Waals surface area contributed by atoms with Crippen molar-refractivity contribution in [2.75, 3.05) is 13.6 Å². The van der Waals surface area contributed by atoms with Gasteiger partial charge in [-0.3, -0.25) is 4.79 Å². The molecule has 1 saturated carbocycles. The summed E-state index contributed by atoms with van der Waals surface area (Å²) < 4.78 is 37.7. The van der Waals surface area contributed by atoms with Crippen molar-refractivity contribution in [2.45, 2.75) is 32.3 Å². The van der Waals surface area contributed by atoms with E-state index in [4.69, 9.17) is 9.26 Å². The molecule has 31 heavy (non-hydrogen) atoms. The molecule has 0 bridgehead atoms. The standard InChI is InChI=1S/C24H24F2N2O3/c1-23(2)14-24(23,16-8-5-4-6-9-16)15-28(3)22(29)20-12-17(31-27-20)13-30-21-18(25)10-7-11-19(21)26/h4-12H,13-15H2,1-3H3. The molecule has 162 valence electrons. The molecule has 0 spiro atoms. The Morgan fingerprint density at radius 2 is 1.77 bits per heavy atom. The van der Waals surface area contributed by atoms with Crippen LogP contribution in [0.15, 0.2) is 59.1 Å². The lowest BCUT2D eigenvalue weighted by Crippen LogP contribution is -2.36. The number of halogens is 2. The van der Waals surface area contributed by atoms with Gasteiger partial charge in [0.1, 0.15) is 6.61 Å². The molecule has 2 aromatic carbocycles. The van der Waals surface area contributed by atoms with Crippen LogP contribution in [-0.4, -0.2) is 29.6 Å². The molecule has 0 N–H and O–H groups in total. The SMILES string of the molecule is CN(CC1(c2ccccc2)CC1(C)C)C(=O)c1cc(COc2c(F)cccc2F)on1. The quantitative estimate of drug-likeness (QED) is 0.535. The van der Waals surface area contributed by atoms with Crippen molar-refractivity contribution in [1.82, 2.24) is 10.1 Å². The van der Waals surface area contributed by atoms with Crippen LogP contribution in [0, 0.1) is 17.0 Å². The predicted molar refractivity (Wildman–Crippen MR) is 111 cm³/mol. The van der Waals surface area contributed by atoms with E-state index in [2.05, 4.69) is 31.1 Å². The molecule has 1 unspecified atom stereocenters. The van der Waals surface area contributed by atoms with Gasteiger partial charge in [0.2, 0.25) is 0 Å². The number of carbonyl (C=O) groups is 1. The minimum Gasteiger partial charge on any atom is -0.479 e. The van der Waals surface area contributed by atoms with Gasteiger partial charge >= 0.3 is 0 Å². The van der Waals surface area contributed by atoms with Crippen molar-refractivity contribution in [3.63, 3.8) is 0 Å². The second-order valence-corrected chi connectivity index (χ2v) is 8.69. The van der Waals surface area contributed by atoms with Crippen LogP contribution in [0.25, 0.3) is 0 Å². The molecule has 0 aliphatic heterocycles. The van der Waals surface area contributed by atoms with Crippen LogP contribution >= 0.6 is 0 Å². The molecule has 1 aliphatic rings. The smallest absolute Gasteiger partial charge is 0.275 e. The van der Waals surface area contributed by atoms with Gasteiger partial charge in [-0.25, -0.2) is 8.78 Å². The van der Waals surface area contributed by atoms with E-state index < -0.39 is 17.4 Å². The second kappa shape index (κ2) is 7.80. The third kappa shape index (κ3) is 3.92. The van der Waals surface area contributed by atoms with E-state index in [1.54, 1.807) is 11.9 Å². The van der Waals surface area contributed by atoms with E-state index in [-0.39, 0.29) is 34.8 Å². The molecule has 1 aromatic heterocycles. The zero-order chi connectivity index (χ0) is 22.2. The van der Waals surface area contributed by atoms with Crippen LogP contribution < -0.4 is 4.74 Å². The van der Waals surface area contributed by atoms with Crippen LogP contribution in [0.3, 0.4) is 0 Å². The van der Waals surface area contributed by atoms with Crippen LogP contribution in [0.1, 0.15) is 42.1 Å². The Balaban J connectivity index is 1.44. The zero-order valence-electron chi connectivity index (χ0n) is 17.7. The van der Waals surface area contributed by atoms with E-state index >= 15 is 0 Å². The largest absolute Gasteiger partial charge is 0.479 e. The van der Waals surface area contributed by atoms with E-state index in [0.717, 1.165) is 18.6 Å². The summed E-state index contributed by atoms with van der Waals surface area (Å²) in [7, 11) is 1.74. The minimum atomic E-state index is -0.811. The maximum absolute atomic E-state index is 13.7. The van der Waals surface area contributed by atoms with Gasteiger partial charge in [0, 0.05) is 25.1 Å². The van der Waals surface area contributed by atoms with Crippen molar-refractivity contribution in [2.24, 2.45) is 5.41 Å². The highest BCUT2D eigenvalue weighted by molar-refractivity contribution is 5.92. The number of carbonyl (C=O) groups excluding carboxylic acids is 1. The Labute approximate surface area is 179 Å². The number of rotatable bonds is 7. The number of hydrogen-bond acceptors (Lipinski definition) is 4. The van der Waals surface area contributed by atoms with Crippen molar-refractivity contribution in [3.05, 3.63) is 83.2 Å². The summed E-state index contributed by atoms with van der Waals surface area (Å²) in [6.07, 6.45) is 0.980. The van der Waals surface area contributed by atoms with E-state index in [0.29, 0.717) is 6.54 Å². The molecule has 5 nitrogen and oxygen atoms in total. The number of hydrogen-bond donors (Lipinski definition) is 0. The Morgan fingerprint density at radius 3 is 2.39 bits per heavy atom. The fourth-order valence-electron chi connectivity index (χ4n) is 4.24. The number of nitrogens with zero attached hydrogens (tertiary/aromatic N) is 2. The first kappa shape index (κ1) is 21.0. The summed E-state index contributed by atoms with van der Waals surface area (Å²) >= 11 is 0. The number of ether oxygens (including phenoxy) is 1. The maximum atomic E-state index is 13.7. The Morgan fingerprint density at radius 1 is 1.13 bits per heavy atom. The van der Waals surface area contributed by atoms with E-state index in [1.807, 2.05) is 18.2 Å². The summed E-state index contributed by atoms with van der Waals surface area (Å²) in [6.45, 7) is 4.70. The van der Waals surface area contributed by atoms with Crippen LogP contribution in [0.5, 0.6) is 5.75 Å². The fourth-order valence-corrected chi connectivity index (χ4v) is 4.24. The van der Waals surface area contributed by atoms with Gasteiger partial charge in [0.15, 0.2) is 28.8 Å². The molecule has 3 aromatic rings. The maximum Gasteiger partial charge on any atom is 0.275 e. The molecule has 1 amide bonds. The average Bonchev–Trinajstić information content (AvgIpc) is 3.07. The molecule has 1 fully saturated rings. The van der Waals surface area contributed by atoms with Gasteiger partial charge in [-0.05, 0) is 29.5 Å². The first-order valence-electron chi connectivity index (χ1n) is 10.1. The van der Waals surface area contributed by atoms with Crippen molar-refractivity contribution >= 4 is 5.91 Å². The molecule has 4 rings (SSSR count). The van der Waals surface area contributed by atoms with Crippen LogP contribution in [0.2, 0.25) is 0 Å². The average molecular weight is 426 g/mol. The van der Waals surface area contributed by atoms with Gasteiger partial charge in [-0.2, -0.15) is 0 Å². The highest BCUT2D eigenvalue weighted by atomic mass is 19.1. The third-order valence-corrected chi connectivity index (χ3v) is 6.15. The lowest BCUT2D eigenvalue weighted by atomic mass is 9.87. The second-order valence-electron chi connectivity index (χ2n) is 8.69. The van der Waals surface area contributed by atoms with Crippen LogP contribution in [-0.2, 0) is 12.0 Å². The lowest BCUT2D eigenvalue weighted by Gasteiger charge is -2.27. The van der Waals surface area contributed by atoms with Crippen molar-refractivity contribution < 1.29 is 22.8 Å². The van der Waals surface area contributed by atoms with E-state index in [1.165, 1.54) is 17.7 Å². The summed E-state index contributed by atoms with van der Waals surface area (Å²) in [4.78, 5) is 14.6. The fraction of sp³-hybridized carbons (Fsp3) is 0.333.